The van der Waals surface area contributed by atoms with Gasteiger partial charge in [-0.1, -0.05) is 158 Å². The van der Waals surface area contributed by atoms with E-state index in [-0.39, 0.29) is 5.92 Å². The van der Waals surface area contributed by atoms with E-state index in [2.05, 4.69) is 170 Å². The zero-order valence-electron chi connectivity index (χ0n) is 29.6. The van der Waals surface area contributed by atoms with Gasteiger partial charge in [0, 0.05) is 11.1 Å². The molecule has 1 aromatic heterocycles. The monoisotopic (exact) mass is 698 g/mol. The molecule has 1 unspecified atom stereocenters. The second-order valence-corrected chi connectivity index (χ2v) is 14.5. The molecule has 12 rings (SSSR count). The maximum Gasteiger partial charge on any atom is 0.179 e. The highest BCUT2D eigenvalue weighted by atomic mass is 15.1. The second-order valence-electron chi connectivity index (χ2n) is 14.5. The first kappa shape index (κ1) is 30.2. The fraction of sp³-hybridized carbons (Fsp3) is 0.0196. The van der Waals surface area contributed by atoms with Crippen molar-refractivity contribution in [3.63, 3.8) is 0 Å². The third kappa shape index (κ3) is 4.46. The lowest BCUT2D eigenvalue weighted by molar-refractivity contribution is 1.02. The van der Waals surface area contributed by atoms with Crippen LogP contribution in [0.15, 0.2) is 181 Å². The number of aromatic nitrogens is 3. The van der Waals surface area contributed by atoms with Crippen LogP contribution in [0.2, 0.25) is 0 Å². The largest absolute Gasteiger partial charge is 0.248 e. The molecule has 55 heavy (non-hydrogen) atoms. The molecule has 254 valence electrons. The van der Waals surface area contributed by atoms with Crippen LogP contribution in [0.1, 0.15) is 22.9 Å². The van der Waals surface area contributed by atoms with Gasteiger partial charge >= 0.3 is 0 Å². The van der Waals surface area contributed by atoms with Crippen molar-refractivity contribution in [2.24, 2.45) is 4.99 Å². The van der Waals surface area contributed by atoms with Gasteiger partial charge in [-0.3, -0.25) is 0 Å². The van der Waals surface area contributed by atoms with Crippen LogP contribution >= 0.6 is 0 Å². The van der Waals surface area contributed by atoms with Crippen LogP contribution in [-0.4, -0.2) is 20.7 Å². The summed E-state index contributed by atoms with van der Waals surface area (Å²) in [6.07, 6.45) is 0. The van der Waals surface area contributed by atoms with Gasteiger partial charge in [-0.2, -0.15) is 0 Å². The van der Waals surface area contributed by atoms with Crippen molar-refractivity contribution in [2.75, 3.05) is 0 Å². The van der Waals surface area contributed by atoms with Gasteiger partial charge in [0.15, 0.2) is 17.5 Å². The number of rotatable bonds is 4. The summed E-state index contributed by atoms with van der Waals surface area (Å²) in [5.41, 5.74) is 11.0. The summed E-state index contributed by atoms with van der Waals surface area (Å²) in [5, 5.41) is 9.67. The predicted octanol–water partition coefficient (Wildman–Crippen LogP) is 12.7. The van der Waals surface area contributed by atoms with E-state index < -0.39 is 0 Å². The highest BCUT2D eigenvalue weighted by molar-refractivity contribution is 6.26. The maximum atomic E-state index is 5.35. The lowest BCUT2D eigenvalue weighted by Gasteiger charge is -2.17. The van der Waals surface area contributed by atoms with Crippen molar-refractivity contribution in [3.05, 3.63) is 193 Å². The molecule has 1 aliphatic carbocycles. The van der Waals surface area contributed by atoms with Gasteiger partial charge in [0.1, 0.15) is 0 Å². The molecule has 10 aromatic rings. The van der Waals surface area contributed by atoms with E-state index in [1.165, 1.54) is 60.0 Å². The Kier molecular flexibility index (Phi) is 6.37. The van der Waals surface area contributed by atoms with Crippen molar-refractivity contribution in [1.29, 1.82) is 0 Å². The number of hydrogen-bond acceptors (Lipinski definition) is 4. The van der Waals surface area contributed by atoms with Crippen molar-refractivity contribution >= 4 is 54.5 Å². The zero-order valence-corrected chi connectivity index (χ0v) is 29.6. The molecule has 4 heteroatoms. The van der Waals surface area contributed by atoms with Gasteiger partial charge in [-0.25, -0.2) is 19.9 Å². The van der Waals surface area contributed by atoms with Crippen LogP contribution in [-0.2, 0) is 0 Å². The molecule has 0 radical (unpaired) electrons. The van der Waals surface area contributed by atoms with Gasteiger partial charge in [0.25, 0.3) is 0 Å². The molecule has 2 heterocycles. The fourth-order valence-electron chi connectivity index (χ4n) is 9.13. The first-order chi connectivity index (χ1) is 27.3. The van der Waals surface area contributed by atoms with Crippen LogP contribution < -0.4 is 0 Å². The molecule has 4 nitrogen and oxygen atoms in total. The average molecular weight is 699 g/mol. The van der Waals surface area contributed by atoms with E-state index in [1.54, 1.807) is 0 Å². The van der Waals surface area contributed by atoms with E-state index in [1.807, 2.05) is 6.07 Å². The number of nitrogens with zero attached hydrogens (tertiary/aromatic N) is 4. The van der Waals surface area contributed by atoms with Gasteiger partial charge in [-0.15, -0.1) is 0 Å². The molecule has 0 spiro atoms. The Bertz CT molecular complexity index is 3210. The Hall–Kier alpha value is -7.30. The third-order valence-corrected chi connectivity index (χ3v) is 11.6. The maximum absolute atomic E-state index is 5.35. The number of para-hydroxylation sites is 1. The molecule has 9 aromatic carbocycles. The first-order valence-electron chi connectivity index (χ1n) is 18.8. The highest BCUT2D eigenvalue weighted by Gasteiger charge is 2.32. The third-order valence-electron chi connectivity index (χ3n) is 11.6. The second kappa shape index (κ2) is 11.6. The molecule has 0 fully saturated rings. The normalized spacial score (nSPS) is 14.1. The Balaban J connectivity index is 1.13. The molecule has 1 atom stereocenters. The molecule has 0 saturated carbocycles. The van der Waals surface area contributed by atoms with E-state index in [0.717, 1.165) is 39.0 Å². The van der Waals surface area contributed by atoms with Crippen molar-refractivity contribution < 1.29 is 0 Å². The smallest absolute Gasteiger partial charge is 0.179 e. The van der Waals surface area contributed by atoms with Gasteiger partial charge in [0.05, 0.1) is 17.3 Å². The summed E-state index contributed by atoms with van der Waals surface area (Å²) in [5.74, 6) is 1.72. The summed E-state index contributed by atoms with van der Waals surface area (Å²) < 4.78 is 0. The van der Waals surface area contributed by atoms with Crippen LogP contribution in [0.4, 0.5) is 5.69 Å². The van der Waals surface area contributed by atoms with Crippen molar-refractivity contribution in [2.45, 2.75) is 5.92 Å². The van der Waals surface area contributed by atoms with Gasteiger partial charge in [-0.05, 0) is 94.7 Å². The number of fused-ring (bicyclic) bond motifs is 10. The number of benzene rings is 9. The fourth-order valence-corrected chi connectivity index (χ4v) is 9.13. The molecule has 0 amide bonds. The molecule has 0 bridgehead atoms. The molecule has 2 aliphatic rings. The Morgan fingerprint density at radius 3 is 1.65 bits per heavy atom. The lowest BCUT2D eigenvalue weighted by Crippen LogP contribution is -2.16. The van der Waals surface area contributed by atoms with E-state index in [0.29, 0.717) is 17.5 Å². The standard InChI is InChI=1S/C51H30N4/c1-2-13-30(14-3-1)46-43-21-10-11-24-45(43)52-48(46)51-54-49(31-25-26-38-34-17-5-4-15-32(34)33-16-6-9-20-37(33)44(38)29-31)53-50(55-51)42-28-27-41-36-19-8-7-18-35(36)39-22-12-23-40(42)47(39)41/h1-29,46H. The number of aliphatic imine (C=N–C) groups is 1. The quantitative estimate of drug-likeness (QED) is 0.172. The molecular formula is C51H30N4. The summed E-state index contributed by atoms with van der Waals surface area (Å²) in [7, 11) is 0. The Morgan fingerprint density at radius 2 is 0.891 bits per heavy atom. The summed E-state index contributed by atoms with van der Waals surface area (Å²) in [6.45, 7) is 0. The van der Waals surface area contributed by atoms with Crippen LogP contribution in [0, 0.1) is 0 Å². The SMILES string of the molecule is c1ccc(C2C(c3nc(-c4ccc5c6ccccc6c6ccccc6c5c4)nc(-c4ccc5c6c(cccc46)-c4ccccc4-5)n3)=Nc3ccccc32)cc1. The highest BCUT2D eigenvalue weighted by Crippen LogP contribution is 2.49. The average Bonchev–Trinajstić information content (AvgIpc) is 3.81. The number of hydrogen-bond donors (Lipinski definition) is 0. The zero-order chi connectivity index (χ0) is 36.0. The van der Waals surface area contributed by atoms with E-state index in [9.17, 15) is 0 Å². The summed E-state index contributed by atoms with van der Waals surface area (Å²) in [6, 6.07) is 62.7. The lowest BCUT2D eigenvalue weighted by atomic mass is 9.88. The molecule has 0 saturated heterocycles. The van der Waals surface area contributed by atoms with Gasteiger partial charge in [0.2, 0.25) is 0 Å². The molecular weight excluding hydrogens is 669 g/mol. The summed E-state index contributed by atoms with van der Waals surface area (Å²) >= 11 is 0. The van der Waals surface area contributed by atoms with Crippen LogP contribution in [0.5, 0.6) is 0 Å². The Morgan fingerprint density at radius 1 is 0.345 bits per heavy atom. The van der Waals surface area contributed by atoms with Crippen LogP contribution in [0.3, 0.4) is 0 Å². The van der Waals surface area contributed by atoms with Crippen molar-refractivity contribution in [3.8, 4) is 45.0 Å². The van der Waals surface area contributed by atoms with Gasteiger partial charge < -0.3 is 0 Å². The predicted molar refractivity (Wildman–Crippen MR) is 226 cm³/mol. The Labute approximate surface area is 317 Å². The minimum atomic E-state index is -0.116. The van der Waals surface area contributed by atoms with Crippen LogP contribution in [0.25, 0.3) is 88.1 Å². The topological polar surface area (TPSA) is 51.0 Å². The van der Waals surface area contributed by atoms with E-state index >= 15 is 0 Å². The summed E-state index contributed by atoms with van der Waals surface area (Å²) in [4.78, 5) is 21.3. The molecule has 0 N–H and O–H groups in total. The van der Waals surface area contributed by atoms with Crippen molar-refractivity contribution in [1.82, 2.24) is 15.0 Å². The first-order valence-corrected chi connectivity index (χ1v) is 18.8. The van der Waals surface area contributed by atoms with E-state index in [4.69, 9.17) is 19.9 Å². The minimum Gasteiger partial charge on any atom is -0.248 e. The minimum absolute atomic E-state index is 0.116. The molecule has 1 aliphatic heterocycles.